The Morgan fingerprint density at radius 3 is 2.41 bits per heavy atom. The molecule has 1 amide bonds. The molecule has 198 valence electrons. The number of benzene rings is 4. The van der Waals surface area contributed by atoms with E-state index >= 15 is 0 Å². The number of nitrogens with one attached hydrogen (secondary N) is 2. The quantitative estimate of drug-likeness (QED) is 0.267. The van der Waals surface area contributed by atoms with Gasteiger partial charge in [0.2, 0.25) is 0 Å². The first kappa shape index (κ1) is 26.2. The summed E-state index contributed by atoms with van der Waals surface area (Å²) in [5, 5.41) is 17.7. The Kier molecular flexibility index (Phi) is 8.36. The molecule has 1 heterocycles. The number of carbonyl (C=O) groups is 1. The van der Waals surface area contributed by atoms with Crippen LogP contribution in [0.2, 0.25) is 0 Å². The fourth-order valence-corrected chi connectivity index (χ4v) is 4.70. The van der Waals surface area contributed by atoms with Gasteiger partial charge in [-0.3, -0.25) is 4.79 Å². The molecule has 0 radical (unpaired) electrons. The highest BCUT2D eigenvalue weighted by atomic mass is 16.5. The van der Waals surface area contributed by atoms with Gasteiger partial charge in [0.05, 0.1) is 24.8 Å². The largest absolute Gasteiger partial charge is 0.497 e. The molecule has 0 aromatic heterocycles. The molecule has 1 aliphatic heterocycles. The molecule has 0 saturated heterocycles. The Bertz CT molecular complexity index is 1450. The number of carbonyl (C=O) groups excluding carboxylic acids is 1. The van der Waals surface area contributed by atoms with Crippen molar-refractivity contribution >= 4 is 17.6 Å². The third-order valence-electron chi connectivity index (χ3n) is 6.76. The molecular weight excluding hydrogens is 488 g/mol. The number of para-hydroxylation sites is 2. The molecule has 6 nitrogen and oxygen atoms in total. The first-order valence-corrected chi connectivity index (χ1v) is 13.0. The second kappa shape index (κ2) is 12.4. The summed E-state index contributed by atoms with van der Waals surface area (Å²) in [4.78, 5) is 13.8. The smallest absolute Gasteiger partial charge is 0.252 e. The van der Waals surface area contributed by atoms with E-state index in [1.807, 2.05) is 109 Å². The molecule has 0 fully saturated rings. The highest BCUT2D eigenvalue weighted by molar-refractivity contribution is 6.25. The van der Waals surface area contributed by atoms with Crippen LogP contribution in [0.15, 0.2) is 103 Å². The van der Waals surface area contributed by atoms with E-state index in [1.165, 1.54) is 0 Å². The molecule has 39 heavy (non-hydrogen) atoms. The lowest BCUT2D eigenvalue weighted by molar-refractivity contribution is -0.117. The van der Waals surface area contributed by atoms with E-state index in [0.717, 1.165) is 22.4 Å². The average molecular weight is 521 g/mol. The molecule has 4 aromatic rings. The van der Waals surface area contributed by atoms with Gasteiger partial charge in [0.1, 0.15) is 17.2 Å². The van der Waals surface area contributed by atoms with Crippen LogP contribution < -0.4 is 20.1 Å². The molecule has 0 bridgehead atoms. The van der Waals surface area contributed by atoms with Crippen LogP contribution in [0.5, 0.6) is 17.2 Å². The Balaban J connectivity index is 1.36. The monoisotopic (exact) mass is 520 g/mol. The Labute approximate surface area is 228 Å². The summed E-state index contributed by atoms with van der Waals surface area (Å²) in [6.07, 6.45) is 1.50. The minimum Gasteiger partial charge on any atom is -0.497 e. The van der Waals surface area contributed by atoms with Crippen LogP contribution in [0.3, 0.4) is 0 Å². The topological polar surface area (TPSA) is 79.8 Å². The maximum atomic E-state index is 13.8. The highest BCUT2D eigenvalue weighted by Gasteiger charge is 2.26. The van der Waals surface area contributed by atoms with Crippen molar-refractivity contribution in [3.05, 3.63) is 125 Å². The van der Waals surface area contributed by atoms with E-state index in [2.05, 4.69) is 10.6 Å². The van der Waals surface area contributed by atoms with Crippen molar-refractivity contribution in [2.45, 2.75) is 25.1 Å². The third-order valence-corrected chi connectivity index (χ3v) is 6.76. The third kappa shape index (κ3) is 6.55. The van der Waals surface area contributed by atoms with E-state index in [4.69, 9.17) is 9.47 Å². The first-order chi connectivity index (χ1) is 19.1. The van der Waals surface area contributed by atoms with Gasteiger partial charge < -0.3 is 25.2 Å². The van der Waals surface area contributed by atoms with Crippen molar-refractivity contribution in [1.82, 2.24) is 10.6 Å². The van der Waals surface area contributed by atoms with Gasteiger partial charge in [-0.05, 0) is 47.9 Å². The Morgan fingerprint density at radius 2 is 1.59 bits per heavy atom. The van der Waals surface area contributed by atoms with Gasteiger partial charge in [0.25, 0.3) is 5.91 Å². The van der Waals surface area contributed by atoms with E-state index in [1.54, 1.807) is 7.11 Å². The number of methoxy groups -OCH3 is 1. The first-order valence-electron chi connectivity index (χ1n) is 13.0. The predicted molar refractivity (Wildman–Crippen MR) is 154 cm³/mol. The fourth-order valence-electron chi connectivity index (χ4n) is 4.70. The van der Waals surface area contributed by atoms with Crippen molar-refractivity contribution in [2.24, 2.45) is 0 Å². The molecular formula is C33H32N2O4. The zero-order valence-corrected chi connectivity index (χ0v) is 21.8. The van der Waals surface area contributed by atoms with Crippen LogP contribution in [0.25, 0.3) is 11.6 Å². The van der Waals surface area contributed by atoms with Gasteiger partial charge >= 0.3 is 0 Å². The molecule has 3 N–H and O–H groups in total. The van der Waals surface area contributed by atoms with Gasteiger partial charge in [-0.2, -0.15) is 0 Å². The van der Waals surface area contributed by atoms with Crippen molar-refractivity contribution in [2.75, 3.05) is 13.7 Å². The van der Waals surface area contributed by atoms with Crippen LogP contribution in [0.1, 0.15) is 22.3 Å². The number of hydrogen-bond donors (Lipinski definition) is 3. The minimum absolute atomic E-state index is 0.268. The maximum Gasteiger partial charge on any atom is 0.252 e. The van der Waals surface area contributed by atoms with Gasteiger partial charge in [-0.15, -0.1) is 0 Å². The standard InChI is InChI=1S/C33H32N2O4/c1-38-26-14-9-12-24(18-26)21-34-22-30(36)29(19-23-10-3-2-4-11-23)35-33(37)28-20-25-13-5-7-16-31(25)39-32-17-8-6-15-27(28)32/h2-18,20,29-30,34,36H,19,21-22H2,1H3,(H,35,37)/t29-,30+/m0/s1. The second-order valence-corrected chi connectivity index (χ2v) is 9.51. The lowest BCUT2D eigenvalue weighted by Crippen LogP contribution is -2.48. The van der Waals surface area contributed by atoms with Gasteiger partial charge in [0, 0.05) is 24.2 Å². The molecule has 6 heteroatoms. The van der Waals surface area contributed by atoms with E-state index in [-0.39, 0.29) is 5.91 Å². The number of ether oxygens (including phenoxy) is 2. The van der Waals surface area contributed by atoms with Crippen molar-refractivity contribution in [3.8, 4) is 17.2 Å². The number of rotatable bonds is 10. The number of fused-ring (bicyclic) bond motifs is 2. The summed E-state index contributed by atoms with van der Waals surface area (Å²) in [7, 11) is 1.64. The minimum atomic E-state index is -0.829. The van der Waals surface area contributed by atoms with Crippen molar-refractivity contribution in [3.63, 3.8) is 0 Å². The molecule has 0 aliphatic carbocycles. The number of hydrogen-bond acceptors (Lipinski definition) is 5. The lowest BCUT2D eigenvalue weighted by atomic mass is 9.98. The summed E-state index contributed by atoms with van der Waals surface area (Å²) in [5.41, 5.74) is 4.09. The van der Waals surface area contributed by atoms with Crippen LogP contribution in [0, 0.1) is 0 Å². The van der Waals surface area contributed by atoms with E-state index < -0.39 is 12.1 Å². The summed E-state index contributed by atoms with van der Waals surface area (Å²) in [5.74, 6) is 1.82. The molecule has 4 aromatic carbocycles. The van der Waals surface area contributed by atoms with E-state index in [0.29, 0.717) is 42.1 Å². The summed E-state index contributed by atoms with van der Waals surface area (Å²) in [6, 6.07) is 32.3. The highest BCUT2D eigenvalue weighted by Crippen LogP contribution is 2.37. The van der Waals surface area contributed by atoms with Crippen LogP contribution in [0.4, 0.5) is 0 Å². The molecule has 0 unspecified atom stereocenters. The normalized spacial score (nSPS) is 13.5. The average Bonchev–Trinajstić information content (AvgIpc) is 3.14. The van der Waals surface area contributed by atoms with Crippen molar-refractivity contribution in [1.29, 1.82) is 0 Å². The second-order valence-electron chi connectivity index (χ2n) is 9.51. The summed E-state index contributed by atoms with van der Waals surface area (Å²) in [6.45, 7) is 0.865. The zero-order chi connectivity index (χ0) is 27.0. The van der Waals surface area contributed by atoms with Crippen LogP contribution in [-0.4, -0.2) is 36.8 Å². The van der Waals surface area contributed by atoms with Gasteiger partial charge in [-0.1, -0.05) is 78.9 Å². The number of aliphatic hydroxyl groups excluding tert-OH is 1. The molecule has 2 atom stereocenters. The van der Waals surface area contributed by atoms with Crippen molar-refractivity contribution < 1.29 is 19.4 Å². The maximum absolute atomic E-state index is 13.8. The predicted octanol–water partition coefficient (Wildman–Crippen LogP) is 5.22. The van der Waals surface area contributed by atoms with E-state index in [9.17, 15) is 9.90 Å². The van der Waals surface area contributed by atoms with Crippen LogP contribution in [-0.2, 0) is 17.8 Å². The lowest BCUT2D eigenvalue weighted by Gasteiger charge is -2.25. The number of aliphatic hydroxyl groups is 1. The Morgan fingerprint density at radius 1 is 0.872 bits per heavy atom. The van der Waals surface area contributed by atoms with Crippen LogP contribution >= 0.6 is 0 Å². The fraction of sp³-hybridized carbons (Fsp3) is 0.182. The molecule has 5 rings (SSSR count). The SMILES string of the molecule is COc1cccc(CNC[C@@H](O)[C@H](Cc2ccccc2)NC(=O)C2=Cc3ccccc3Oc3ccccc32)c1. The Hall–Kier alpha value is -4.39. The van der Waals surface area contributed by atoms with Gasteiger partial charge in [-0.25, -0.2) is 0 Å². The number of amides is 1. The molecule has 0 saturated carbocycles. The molecule has 0 spiro atoms. The summed E-state index contributed by atoms with van der Waals surface area (Å²) >= 11 is 0. The zero-order valence-electron chi connectivity index (χ0n) is 21.8. The van der Waals surface area contributed by atoms with Gasteiger partial charge in [0.15, 0.2) is 0 Å². The molecule has 1 aliphatic rings. The summed E-state index contributed by atoms with van der Waals surface area (Å²) < 4.78 is 11.4.